The average Bonchev–Trinajstić information content (AvgIpc) is 2.84. The van der Waals surface area contributed by atoms with Crippen LogP contribution in [0.4, 0.5) is 0 Å². The Morgan fingerprint density at radius 1 is 0.941 bits per heavy atom. The van der Waals surface area contributed by atoms with Gasteiger partial charge in [-0.3, -0.25) is 0 Å². The van der Waals surface area contributed by atoms with Gasteiger partial charge < -0.3 is 14.6 Å². The molecule has 2 atom stereocenters. The molecule has 1 N–H and O–H groups in total. The highest BCUT2D eigenvalue weighted by atomic mass is 127. The maximum Gasteiger partial charge on any atom is 0.221 e. The number of ether oxygens (including phenoxy) is 2. The fourth-order valence-electron chi connectivity index (χ4n) is 3.28. The van der Waals surface area contributed by atoms with E-state index in [1.165, 1.54) is 11.2 Å². The van der Waals surface area contributed by atoms with Gasteiger partial charge in [0.2, 0.25) is 10.0 Å². The number of sulfonamides is 1. The van der Waals surface area contributed by atoms with Gasteiger partial charge in [-0.2, -0.15) is 4.31 Å². The SMILES string of the molecule is COc1ccc(CN(Cc2ccc(OC)cc2)S(=O)(=O)[C@H](C)[C@](O)(I)c2ncc(C)cn2)cc1. The van der Waals surface area contributed by atoms with E-state index in [-0.39, 0.29) is 18.9 Å². The smallest absolute Gasteiger partial charge is 0.221 e. The molecule has 0 amide bonds. The predicted octanol–water partition coefficient (Wildman–Crippen LogP) is 3.80. The van der Waals surface area contributed by atoms with E-state index in [1.54, 1.807) is 73.5 Å². The van der Waals surface area contributed by atoms with Crippen molar-refractivity contribution in [2.45, 2.75) is 35.8 Å². The first-order valence-corrected chi connectivity index (χ1v) is 13.1. The lowest BCUT2D eigenvalue weighted by Crippen LogP contribution is -2.46. The molecule has 10 heteroatoms. The number of rotatable bonds is 10. The summed E-state index contributed by atoms with van der Waals surface area (Å²) in [6.07, 6.45) is 3.11. The summed E-state index contributed by atoms with van der Waals surface area (Å²) >= 11 is 1.71. The number of alkyl halides is 1. The Hall–Kier alpha value is -2.28. The third kappa shape index (κ3) is 6.04. The van der Waals surface area contributed by atoms with Gasteiger partial charge in [-0.25, -0.2) is 18.4 Å². The molecule has 3 rings (SSSR count). The monoisotopic (exact) mass is 597 g/mol. The van der Waals surface area contributed by atoms with Gasteiger partial charge in [0, 0.05) is 25.5 Å². The Morgan fingerprint density at radius 3 is 1.74 bits per heavy atom. The summed E-state index contributed by atoms with van der Waals surface area (Å²) in [5, 5.41) is 10.00. The summed E-state index contributed by atoms with van der Waals surface area (Å²) < 4.78 is 37.6. The summed E-state index contributed by atoms with van der Waals surface area (Å²) in [5.74, 6) is 1.41. The average molecular weight is 597 g/mol. The number of hydrogen-bond donors (Lipinski definition) is 1. The number of hydrogen-bond acceptors (Lipinski definition) is 7. The minimum absolute atomic E-state index is 0.0450. The van der Waals surface area contributed by atoms with Gasteiger partial charge >= 0.3 is 0 Å². The van der Waals surface area contributed by atoms with Crippen LogP contribution in [0.2, 0.25) is 0 Å². The van der Waals surface area contributed by atoms with Crippen LogP contribution in [-0.2, 0) is 26.7 Å². The van der Waals surface area contributed by atoms with Crippen LogP contribution in [0.15, 0.2) is 60.9 Å². The number of nitrogens with zero attached hydrogens (tertiary/aromatic N) is 3. The number of halogens is 1. The topological polar surface area (TPSA) is 102 Å². The van der Waals surface area contributed by atoms with E-state index in [4.69, 9.17) is 9.47 Å². The molecule has 0 aliphatic heterocycles. The minimum Gasteiger partial charge on any atom is -0.497 e. The van der Waals surface area contributed by atoms with Crippen LogP contribution in [0.1, 0.15) is 29.4 Å². The second-order valence-corrected chi connectivity index (χ2v) is 11.8. The molecule has 0 unspecified atom stereocenters. The van der Waals surface area contributed by atoms with Gasteiger partial charge in [-0.15, -0.1) is 0 Å². The second kappa shape index (κ2) is 11.0. The highest BCUT2D eigenvalue weighted by molar-refractivity contribution is 14.1. The summed E-state index contributed by atoms with van der Waals surface area (Å²) in [6, 6.07) is 14.4. The number of aliphatic hydroxyl groups is 1. The Labute approximate surface area is 214 Å². The highest BCUT2D eigenvalue weighted by Gasteiger charge is 2.46. The molecule has 182 valence electrons. The van der Waals surface area contributed by atoms with E-state index in [1.807, 2.05) is 31.2 Å². The lowest BCUT2D eigenvalue weighted by molar-refractivity contribution is 0.142. The number of aromatic nitrogens is 2. The summed E-state index contributed by atoms with van der Waals surface area (Å²) in [7, 11) is -0.862. The van der Waals surface area contributed by atoms with Crippen LogP contribution < -0.4 is 9.47 Å². The molecular weight excluding hydrogens is 569 g/mol. The second-order valence-electron chi connectivity index (χ2n) is 7.91. The van der Waals surface area contributed by atoms with Crippen molar-refractivity contribution in [1.82, 2.24) is 14.3 Å². The fourth-order valence-corrected chi connectivity index (χ4v) is 6.13. The maximum atomic E-state index is 13.8. The van der Waals surface area contributed by atoms with E-state index in [0.717, 1.165) is 16.7 Å². The van der Waals surface area contributed by atoms with E-state index < -0.39 is 18.9 Å². The Kier molecular flexibility index (Phi) is 8.50. The molecule has 0 bridgehead atoms. The zero-order chi connectivity index (χ0) is 24.9. The third-order valence-corrected chi connectivity index (χ3v) is 9.53. The van der Waals surface area contributed by atoms with Crippen molar-refractivity contribution in [3.8, 4) is 11.5 Å². The van der Waals surface area contributed by atoms with Gasteiger partial charge in [0.05, 0.1) is 14.2 Å². The molecule has 3 aromatic rings. The number of methoxy groups -OCH3 is 2. The largest absolute Gasteiger partial charge is 0.497 e. The number of benzene rings is 2. The van der Waals surface area contributed by atoms with Gasteiger partial charge in [0.25, 0.3) is 0 Å². The molecule has 0 saturated carbocycles. The van der Waals surface area contributed by atoms with E-state index in [9.17, 15) is 13.5 Å². The van der Waals surface area contributed by atoms with Crippen LogP contribution in [0.25, 0.3) is 0 Å². The maximum absolute atomic E-state index is 13.8. The fraction of sp³-hybridized carbons (Fsp3) is 0.333. The van der Waals surface area contributed by atoms with Crippen molar-refractivity contribution < 1.29 is 23.0 Å². The molecule has 1 heterocycles. The van der Waals surface area contributed by atoms with Crippen LogP contribution in [0, 0.1) is 6.92 Å². The van der Waals surface area contributed by atoms with Crippen molar-refractivity contribution in [3.05, 3.63) is 83.4 Å². The van der Waals surface area contributed by atoms with Crippen molar-refractivity contribution in [3.63, 3.8) is 0 Å². The molecule has 0 aliphatic carbocycles. The Balaban J connectivity index is 1.96. The predicted molar refractivity (Wildman–Crippen MR) is 138 cm³/mol. The molecule has 0 radical (unpaired) electrons. The first kappa shape index (κ1) is 26.3. The van der Waals surface area contributed by atoms with E-state index in [0.29, 0.717) is 11.5 Å². The molecular formula is C24H28IN3O5S. The molecule has 0 spiro atoms. The zero-order valence-electron chi connectivity index (χ0n) is 19.5. The molecule has 1 aromatic heterocycles. The molecule has 2 aromatic carbocycles. The summed E-state index contributed by atoms with van der Waals surface area (Å²) in [5.41, 5.74) is 2.38. The van der Waals surface area contributed by atoms with Gasteiger partial charge in [0.15, 0.2) is 9.43 Å². The van der Waals surface area contributed by atoms with Gasteiger partial charge in [0.1, 0.15) is 16.7 Å². The Bertz CT molecular complexity index is 1140. The quantitative estimate of drug-likeness (QED) is 0.280. The van der Waals surface area contributed by atoms with Crippen molar-refractivity contribution in [1.29, 1.82) is 0 Å². The molecule has 0 saturated heterocycles. The first-order chi connectivity index (χ1) is 16.1. The standard InChI is InChI=1S/C24H28IN3O5S/c1-17-13-26-23(27-14-17)24(25,29)18(2)34(30,31)28(15-19-5-9-21(32-3)10-6-19)16-20-7-11-22(33-4)12-8-20/h5-14,18,29H,15-16H2,1-4H3/t18-,24-/m1/s1. The molecule has 8 nitrogen and oxygen atoms in total. The lowest BCUT2D eigenvalue weighted by atomic mass is 10.2. The number of aryl methyl sites for hydroxylation is 1. The van der Waals surface area contributed by atoms with Crippen molar-refractivity contribution in [2.24, 2.45) is 0 Å². The van der Waals surface area contributed by atoms with Gasteiger partial charge in [-0.05, 0) is 77.4 Å². The molecule has 0 aliphatic rings. The normalized spacial score (nSPS) is 14.4. The van der Waals surface area contributed by atoms with Crippen molar-refractivity contribution >= 4 is 32.6 Å². The van der Waals surface area contributed by atoms with Crippen LogP contribution in [0.5, 0.6) is 11.5 Å². The lowest BCUT2D eigenvalue weighted by Gasteiger charge is -2.32. The zero-order valence-corrected chi connectivity index (χ0v) is 22.4. The van der Waals surface area contributed by atoms with Crippen LogP contribution in [0.3, 0.4) is 0 Å². The van der Waals surface area contributed by atoms with E-state index in [2.05, 4.69) is 9.97 Å². The minimum atomic E-state index is -4.01. The van der Waals surface area contributed by atoms with Crippen molar-refractivity contribution in [2.75, 3.05) is 14.2 Å². The first-order valence-electron chi connectivity index (χ1n) is 10.5. The third-order valence-electron chi connectivity index (χ3n) is 5.48. The summed E-state index contributed by atoms with van der Waals surface area (Å²) in [6.45, 7) is 3.52. The summed E-state index contributed by atoms with van der Waals surface area (Å²) in [4.78, 5) is 8.34. The van der Waals surface area contributed by atoms with E-state index >= 15 is 0 Å². The van der Waals surface area contributed by atoms with Crippen LogP contribution in [-0.4, -0.2) is 47.3 Å². The Morgan fingerprint density at radius 2 is 1.35 bits per heavy atom. The van der Waals surface area contributed by atoms with Crippen LogP contribution >= 0.6 is 22.6 Å². The molecule has 34 heavy (non-hydrogen) atoms. The highest BCUT2D eigenvalue weighted by Crippen LogP contribution is 2.36. The van der Waals surface area contributed by atoms with Gasteiger partial charge in [-0.1, -0.05) is 24.3 Å². The molecule has 0 fully saturated rings.